The Kier molecular flexibility index (Phi) is 4.17. The van der Waals surface area contributed by atoms with Crippen molar-refractivity contribution in [2.75, 3.05) is 0 Å². The van der Waals surface area contributed by atoms with Crippen molar-refractivity contribution in [1.29, 1.82) is 0 Å². The number of aromatic amines is 1. The van der Waals surface area contributed by atoms with Crippen LogP contribution in [0.3, 0.4) is 0 Å². The van der Waals surface area contributed by atoms with Crippen LogP contribution in [0.1, 0.15) is 34.0 Å². The zero-order chi connectivity index (χ0) is 17.1. The number of nitrogens with one attached hydrogen (secondary N) is 1. The van der Waals surface area contributed by atoms with Crippen LogP contribution in [0.15, 0.2) is 91.0 Å². The predicted molar refractivity (Wildman–Crippen MR) is 102 cm³/mol. The van der Waals surface area contributed by atoms with Gasteiger partial charge in [-0.05, 0) is 23.1 Å². The van der Waals surface area contributed by atoms with E-state index < -0.39 is 0 Å². The summed E-state index contributed by atoms with van der Waals surface area (Å²) in [5.74, 6) is 0.175. The fourth-order valence-electron chi connectivity index (χ4n) is 3.30. The van der Waals surface area contributed by atoms with Gasteiger partial charge in [0.2, 0.25) is 0 Å². The smallest absolute Gasteiger partial charge is 0.163 e. The summed E-state index contributed by atoms with van der Waals surface area (Å²) in [6.07, 6.45) is 0.445. The number of hydrogen-bond donors (Lipinski definition) is 1. The number of benzene rings is 3. The Hall–Kier alpha value is -3.13. The maximum absolute atomic E-state index is 12.8. The molecule has 0 aliphatic carbocycles. The minimum atomic E-state index is 0.0151. The Morgan fingerprint density at radius 2 is 1.44 bits per heavy atom. The van der Waals surface area contributed by atoms with Gasteiger partial charge in [0.15, 0.2) is 5.78 Å². The molecule has 4 aromatic rings. The first-order valence-corrected chi connectivity index (χ1v) is 8.52. The third kappa shape index (κ3) is 3.24. The third-order valence-corrected chi connectivity index (χ3v) is 4.61. The van der Waals surface area contributed by atoms with Crippen LogP contribution in [0.25, 0.3) is 10.9 Å². The largest absolute Gasteiger partial charge is 0.358 e. The first-order valence-electron chi connectivity index (χ1n) is 8.52. The van der Waals surface area contributed by atoms with Gasteiger partial charge in [-0.1, -0.05) is 78.9 Å². The van der Waals surface area contributed by atoms with E-state index >= 15 is 0 Å². The van der Waals surface area contributed by atoms with Crippen LogP contribution in [0.4, 0.5) is 0 Å². The highest BCUT2D eigenvalue weighted by molar-refractivity contribution is 5.97. The van der Waals surface area contributed by atoms with Gasteiger partial charge in [0.1, 0.15) is 0 Å². The van der Waals surface area contributed by atoms with Crippen molar-refractivity contribution in [3.63, 3.8) is 0 Å². The Labute approximate surface area is 147 Å². The van der Waals surface area contributed by atoms with Crippen LogP contribution in [0.2, 0.25) is 0 Å². The molecule has 0 bridgehead atoms. The molecule has 0 amide bonds. The molecule has 0 spiro atoms. The molecule has 2 nitrogen and oxygen atoms in total. The number of para-hydroxylation sites is 1. The average molecular weight is 325 g/mol. The molecule has 25 heavy (non-hydrogen) atoms. The SMILES string of the molecule is O=C(C[C@@H](c1ccccc1)c1cc2ccccc2[nH]1)c1ccccc1. The van der Waals surface area contributed by atoms with Gasteiger partial charge in [-0.25, -0.2) is 0 Å². The molecule has 3 aromatic carbocycles. The van der Waals surface area contributed by atoms with Crippen LogP contribution in [0.5, 0.6) is 0 Å². The van der Waals surface area contributed by atoms with E-state index in [1.165, 1.54) is 5.39 Å². The molecule has 1 N–H and O–H groups in total. The van der Waals surface area contributed by atoms with Gasteiger partial charge in [0, 0.05) is 29.1 Å². The molecular formula is C23H19NO. The Morgan fingerprint density at radius 1 is 0.800 bits per heavy atom. The van der Waals surface area contributed by atoms with Gasteiger partial charge in [0.05, 0.1) is 0 Å². The van der Waals surface area contributed by atoms with E-state index in [4.69, 9.17) is 0 Å². The fraction of sp³-hybridized carbons (Fsp3) is 0.0870. The molecule has 0 aliphatic rings. The van der Waals surface area contributed by atoms with Crippen LogP contribution >= 0.6 is 0 Å². The van der Waals surface area contributed by atoms with E-state index in [1.807, 2.05) is 60.7 Å². The van der Waals surface area contributed by atoms with Gasteiger partial charge < -0.3 is 4.98 Å². The highest BCUT2D eigenvalue weighted by Crippen LogP contribution is 2.31. The zero-order valence-corrected chi connectivity index (χ0v) is 13.9. The second-order valence-corrected chi connectivity index (χ2v) is 6.27. The molecule has 2 heteroatoms. The molecule has 1 aromatic heterocycles. The first kappa shape index (κ1) is 15.4. The summed E-state index contributed by atoms with van der Waals surface area (Å²) in [7, 11) is 0. The second kappa shape index (κ2) is 6.78. The molecule has 122 valence electrons. The van der Waals surface area contributed by atoms with E-state index in [9.17, 15) is 4.79 Å². The lowest BCUT2D eigenvalue weighted by Gasteiger charge is -2.16. The van der Waals surface area contributed by atoms with Gasteiger partial charge >= 0.3 is 0 Å². The summed E-state index contributed by atoms with van der Waals surface area (Å²) >= 11 is 0. The molecule has 0 aliphatic heterocycles. The van der Waals surface area contributed by atoms with Crippen LogP contribution < -0.4 is 0 Å². The summed E-state index contributed by atoms with van der Waals surface area (Å²) in [5, 5.41) is 1.17. The molecule has 1 heterocycles. The summed E-state index contributed by atoms with van der Waals surface area (Å²) < 4.78 is 0. The molecule has 0 radical (unpaired) electrons. The normalized spacial score (nSPS) is 12.2. The molecule has 0 saturated heterocycles. The number of rotatable bonds is 5. The number of ketones is 1. The second-order valence-electron chi connectivity index (χ2n) is 6.27. The number of carbonyl (C=O) groups is 1. The lowest BCUT2D eigenvalue weighted by atomic mass is 9.89. The van der Waals surface area contributed by atoms with Crippen molar-refractivity contribution in [2.24, 2.45) is 0 Å². The van der Waals surface area contributed by atoms with Gasteiger partial charge in [-0.3, -0.25) is 4.79 Å². The molecule has 1 atom stereocenters. The van der Waals surface area contributed by atoms with E-state index in [-0.39, 0.29) is 11.7 Å². The molecule has 0 fully saturated rings. The van der Waals surface area contributed by atoms with Gasteiger partial charge in [-0.2, -0.15) is 0 Å². The standard InChI is InChI=1S/C23H19NO/c25-23(18-11-5-2-6-12-18)16-20(17-9-3-1-4-10-17)22-15-19-13-7-8-14-21(19)24-22/h1-15,20,24H,16H2/t20-/m0/s1. The summed E-state index contributed by atoms with van der Waals surface area (Å²) in [6.45, 7) is 0. The van der Waals surface area contributed by atoms with Crippen molar-refractivity contribution >= 4 is 16.7 Å². The monoisotopic (exact) mass is 325 g/mol. The lowest BCUT2D eigenvalue weighted by Crippen LogP contribution is -2.09. The van der Waals surface area contributed by atoms with Crippen molar-refractivity contribution in [3.05, 3.63) is 108 Å². The highest BCUT2D eigenvalue weighted by atomic mass is 16.1. The minimum Gasteiger partial charge on any atom is -0.358 e. The topological polar surface area (TPSA) is 32.9 Å². The zero-order valence-electron chi connectivity index (χ0n) is 13.9. The Bertz CT molecular complexity index is 953. The van der Waals surface area contributed by atoms with Crippen LogP contribution in [0, 0.1) is 0 Å². The summed E-state index contributed by atoms with van der Waals surface area (Å²) in [4.78, 5) is 16.3. The predicted octanol–water partition coefficient (Wildman–Crippen LogP) is 5.57. The summed E-state index contributed by atoms with van der Waals surface area (Å²) in [6, 6.07) is 30.1. The van der Waals surface area contributed by atoms with E-state index in [0.29, 0.717) is 6.42 Å². The molecule has 0 unspecified atom stereocenters. The van der Waals surface area contributed by atoms with E-state index in [1.54, 1.807) is 0 Å². The van der Waals surface area contributed by atoms with Crippen molar-refractivity contribution < 1.29 is 4.79 Å². The number of carbonyl (C=O) groups excluding carboxylic acids is 1. The number of fused-ring (bicyclic) bond motifs is 1. The highest BCUT2D eigenvalue weighted by Gasteiger charge is 2.20. The quantitative estimate of drug-likeness (QED) is 0.478. The Morgan fingerprint density at radius 3 is 2.16 bits per heavy atom. The lowest BCUT2D eigenvalue weighted by molar-refractivity contribution is 0.0977. The number of H-pyrrole nitrogens is 1. The van der Waals surface area contributed by atoms with Gasteiger partial charge in [0.25, 0.3) is 0 Å². The fourth-order valence-corrected chi connectivity index (χ4v) is 3.30. The first-order chi connectivity index (χ1) is 12.3. The maximum atomic E-state index is 12.8. The summed E-state index contributed by atoms with van der Waals surface area (Å²) in [5.41, 5.74) is 4.10. The van der Waals surface area contributed by atoms with E-state index in [2.05, 4.69) is 35.3 Å². The number of hydrogen-bond acceptors (Lipinski definition) is 1. The molecular weight excluding hydrogens is 306 g/mol. The van der Waals surface area contributed by atoms with E-state index in [0.717, 1.165) is 22.3 Å². The molecule has 4 rings (SSSR count). The molecule has 0 saturated carbocycles. The Balaban J connectivity index is 1.73. The van der Waals surface area contributed by atoms with Crippen LogP contribution in [-0.2, 0) is 0 Å². The average Bonchev–Trinajstić information content (AvgIpc) is 3.11. The third-order valence-electron chi connectivity index (χ3n) is 4.61. The number of aromatic nitrogens is 1. The van der Waals surface area contributed by atoms with Crippen molar-refractivity contribution in [3.8, 4) is 0 Å². The van der Waals surface area contributed by atoms with Gasteiger partial charge in [-0.15, -0.1) is 0 Å². The maximum Gasteiger partial charge on any atom is 0.163 e. The van der Waals surface area contributed by atoms with Crippen molar-refractivity contribution in [2.45, 2.75) is 12.3 Å². The van der Waals surface area contributed by atoms with Crippen LogP contribution in [-0.4, -0.2) is 10.8 Å². The van der Waals surface area contributed by atoms with Crippen molar-refractivity contribution in [1.82, 2.24) is 4.98 Å². The number of Topliss-reactive ketones (excluding diaryl/α,β-unsaturated/α-hetero) is 1. The minimum absolute atomic E-state index is 0.0151.